The summed E-state index contributed by atoms with van der Waals surface area (Å²) in [6, 6.07) is 0. The third kappa shape index (κ3) is 59.7. The zero-order valence-electron chi connectivity index (χ0n) is 55.6. The van der Waals surface area contributed by atoms with Gasteiger partial charge in [-0.25, -0.2) is 9.13 Å². The van der Waals surface area contributed by atoms with E-state index >= 15 is 0 Å². The van der Waals surface area contributed by atoms with Gasteiger partial charge < -0.3 is 33.8 Å². The summed E-state index contributed by atoms with van der Waals surface area (Å²) in [7, 11) is -9.89. The molecule has 0 fully saturated rings. The highest BCUT2D eigenvalue weighted by Gasteiger charge is 2.30. The average Bonchev–Trinajstić information content (AvgIpc) is 3.69. The van der Waals surface area contributed by atoms with Crippen LogP contribution in [0.1, 0.15) is 337 Å². The minimum atomic E-state index is -4.95. The lowest BCUT2D eigenvalue weighted by molar-refractivity contribution is -0.161. The summed E-state index contributed by atoms with van der Waals surface area (Å²) in [4.78, 5) is 72.3. The van der Waals surface area contributed by atoms with Crippen molar-refractivity contribution in [1.29, 1.82) is 0 Å². The van der Waals surface area contributed by atoms with Gasteiger partial charge in [0, 0.05) is 25.7 Å². The molecule has 0 aromatic rings. The molecule has 86 heavy (non-hydrogen) atoms. The number of hydrogen-bond donors (Lipinski definition) is 3. The zero-order valence-corrected chi connectivity index (χ0v) is 57.4. The van der Waals surface area contributed by atoms with Crippen LogP contribution in [0.4, 0.5) is 0 Å². The number of phosphoric acid groups is 2. The van der Waals surface area contributed by atoms with E-state index in [1.165, 1.54) is 154 Å². The maximum absolute atomic E-state index is 13.0. The first-order valence-electron chi connectivity index (χ1n) is 35.0. The highest BCUT2D eigenvalue weighted by molar-refractivity contribution is 7.47. The number of aliphatic hydroxyl groups excluding tert-OH is 1. The number of ether oxygens (including phenoxy) is 4. The molecular formula is C67H130O17P2. The van der Waals surface area contributed by atoms with Crippen molar-refractivity contribution in [3.63, 3.8) is 0 Å². The van der Waals surface area contributed by atoms with Crippen molar-refractivity contribution >= 4 is 39.5 Å². The number of unbranched alkanes of at least 4 members (excludes halogenated alkanes) is 35. The molecule has 0 radical (unpaired) electrons. The summed E-state index contributed by atoms with van der Waals surface area (Å²) in [5, 5.41) is 10.6. The minimum absolute atomic E-state index is 0.106. The first kappa shape index (κ1) is 84.1. The van der Waals surface area contributed by atoms with Crippen LogP contribution < -0.4 is 0 Å². The molecule has 19 heteroatoms. The van der Waals surface area contributed by atoms with Crippen molar-refractivity contribution in [1.82, 2.24) is 0 Å². The van der Waals surface area contributed by atoms with Gasteiger partial charge in [-0.1, -0.05) is 286 Å². The fourth-order valence-corrected chi connectivity index (χ4v) is 11.6. The maximum Gasteiger partial charge on any atom is 0.472 e. The topological polar surface area (TPSA) is 237 Å². The van der Waals surface area contributed by atoms with Gasteiger partial charge in [0.25, 0.3) is 0 Å². The van der Waals surface area contributed by atoms with Gasteiger partial charge in [0.15, 0.2) is 12.2 Å². The molecule has 0 aliphatic rings. The van der Waals surface area contributed by atoms with Crippen LogP contribution in [-0.2, 0) is 65.4 Å². The van der Waals surface area contributed by atoms with E-state index in [1.807, 2.05) is 0 Å². The smallest absolute Gasteiger partial charge is 0.462 e. The van der Waals surface area contributed by atoms with E-state index in [2.05, 4.69) is 41.5 Å². The summed E-state index contributed by atoms with van der Waals surface area (Å²) in [5.74, 6) is -0.567. The van der Waals surface area contributed by atoms with Crippen molar-refractivity contribution < 1.29 is 80.2 Å². The van der Waals surface area contributed by atoms with Crippen molar-refractivity contribution in [2.24, 2.45) is 11.8 Å². The predicted molar refractivity (Wildman–Crippen MR) is 345 cm³/mol. The SMILES string of the molecule is CCCCCCCCCCCC(=O)OC[C@H](COP(=O)(O)OC[C@H](O)COP(=O)(O)OC[C@@H](COC(=O)CCCCCCCCCCC(C)CC)OC(=O)CCCCCCCCCCCCCCCC(C)C)OC(=O)CCCCCCCCCCC. The molecule has 0 aromatic heterocycles. The standard InChI is InChI=1S/C67H130O17P2/c1-7-10-12-14-16-23-31-37-43-49-64(69)77-55-62(83-66(71)51-45-39-33-24-17-15-13-11-8-2)57-81-85(73,74)79-53-61(68)54-80-86(75,76)82-58-63(56-78-65(70)50-44-38-32-28-27-30-36-42-48-60(6)9-3)84-67(72)52-46-40-34-26-22-20-18-19-21-25-29-35-41-47-59(4)5/h59-63,68H,7-58H2,1-6H3,(H,73,74)(H,75,76)/t60?,61-,62+,63+/m0/s1. The molecule has 17 nitrogen and oxygen atoms in total. The van der Waals surface area contributed by atoms with Gasteiger partial charge in [0.1, 0.15) is 19.3 Å². The number of rotatable bonds is 66. The molecule has 6 atom stereocenters. The highest BCUT2D eigenvalue weighted by Crippen LogP contribution is 2.45. The second-order valence-corrected chi connectivity index (χ2v) is 27.8. The van der Waals surface area contributed by atoms with E-state index in [4.69, 9.17) is 37.0 Å². The summed E-state index contributed by atoms with van der Waals surface area (Å²) in [6.07, 6.45) is 43.0. The van der Waals surface area contributed by atoms with Gasteiger partial charge in [-0.05, 0) is 37.5 Å². The van der Waals surface area contributed by atoms with Crippen LogP contribution >= 0.6 is 15.6 Å². The fourth-order valence-electron chi connectivity index (χ4n) is 10.0. The van der Waals surface area contributed by atoms with Crippen molar-refractivity contribution in [3.05, 3.63) is 0 Å². The lowest BCUT2D eigenvalue weighted by Gasteiger charge is -2.21. The Bertz CT molecular complexity index is 1690. The Morgan fingerprint density at radius 3 is 0.884 bits per heavy atom. The third-order valence-corrected chi connectivity index (χ3v) is 17.7. The van der Waals surface area contributed by atoms with Crippen LogP contribution in [-0.4, -0.2) is 96.7 Å². The van der Waals surface area contributed by atoms with Gasteiger partial charge in [0.05, 0.1) is 26.4 Å². The number of aliphatic hydroxyl groups is 1. The molecule has 0 aliphatic carbocycles. The molecule has 3 N–H and O–H groups in total. The molecule has 0 saturated heterocycles. The van der Waals surface area contributed by atoms with Crippen LogP contribution in [0.2, 0.25) is 0 Å². The molecule has 0 saturated carbocycles. The van der Waals surface area contributed by atoms with E-state index in [9.17, 15) is 43.2 Å². The summed E-state index contributed by atoms with van der Waals surface area (Å²) in [6.45, 7) is 9.51. The van der Waals surface area contributed by atoms with Crippen LogP contribution in [0.25, 0.3) is 0 Å². The van der Waals surface area contributed by atoms with E-state index < -0.39 is 97.5 Å². The summed E-state index contributed by atoms with van der Waals surface area (Å²) in [5.41, 5.74) is 0. The largest absolute Gasteiger partial charge is 0.472 e. The lowest BCUT2D eigenvalue weighted by Crippen LogP contribution is -2.30. The normalized spacial score (nSPS) is 14.5. The molecule has 0 aliphatic heterocycles. The Balaban J connectivity index is 5.22. The van der Waals surface area contributed by atoms with E-state index in [1.54, 1.807) is 0 Å². The molecule has 510 valence electrons. The van der Waals surface area contributed by atoms with Gasteiger partial charge >= 0.3 is 39.5 Å². The molecule has 0 aromatic carbocycles. The Labute approximate surface area is 524 Å². The molecule has 0 spiro atoms. The predicted octanol–water partition coefficient (Wildman–Crippen LogP) is 18.8. The van der Waals surface area contributed by atoms with E-state index in [0.717, 1.165) is 102 Å². The first-order valence-corrected chi connectivity index (χ1v) is 38.0. The maximum atomic E-state index is 13.0. The van der Waals surface area contributed by atoms with Crippen LogP contribution in [0.3, 0.4) is 0 Å². The van der Waals surface area contributed by atoms with E-state index in [0.29, 0.717) is 25.7 Å². The Kier molecular flexibility index (Phi) is 58.0. The quantitative estimate of drug-likeness (QED) is 0.0222. The van der Waals surface area contributed by atoms with E-state index in [-0.39, 0.29) is 25.7 Å². The summed E-state index contributed by atoms with van der Waals surface area (Å²) >= 11 is 0. The average molecular weight is 1270 g/mol. The van der Waals surface area contributed by atoms with Crippen LogP contribution in [0, 0.1) is 11.8 Å². The van der Waals surface area contributed by atoms with Gasteiger partial charge in [0.2, 0.25) is 0 Å². The molecule has 3 unspecified atom stereocenters. The number of hydrogen-bond acceptors (Lipinski definition) is 15. The summed E-state index contributed by atoms with van der Waals surface area (Å²) < 4.78 is 68.1. The monoisotopic (exact) mass is 1270 g/mol. The van der Waals surface area contributed by atoms with Crippen LogP contribution in [0.5, 0.6) is 0 Å². The lowest BCUT2D eigenvalue weighted by atomic mass is 9.99. The number of carbonyl (C=O) groups excluding carboxylic acids is 4. The number of phosphoric ester groups is 2. The number of esters is 4. The zero-order chi connectivity index (χ0) is 63.6. The molecule has 0 amide bonds. The fraction of sp³-hybridized carbons (Fsp3) is 0.940. The third-order valence-electron chi connectivity index (χ3n) is 15.8. The second kappa shape index (κ2) is 59.4. The Morgan fingerprint density at radius 1 is 0.337 bits per heavy atom. The Hall–Kier alpha value is -1.94. The highest BCUT2D eigenvalue weighted by atomic mass is 31.2. The minimum Gasteiger partial charge on any atom is -0.462 e. The first-order chi connectivity index (χ1) is 41.4. The van der Waals surface area contributed by atoms with Gasteiger partial charge in [-0.15, -0.1) is 0 Å². The van der Waals surface area contributed by atoms with Crippen LogP contribution in [0.15, 0.2) is 0 Å². The van der Waals surface area contributed by atoms with Gasteiger partial charge in [-0.3, -0.25) is 37.3 Å². The Morgan fingerprint density at radius 2 is 0.593 bits per heavy atom. The van der Waals surface area contributed by atoms with Gasteiger partial charge in [-0.2, -0.15) is 0 Å². The molecule has 0 bridgehead atoms. The molecule has 0 rings (SSSR count). The van der Waals surface area contributed by atoms with Crippen molar-refractivity contribution in [3.8, 4) is 0 Å². The van der Waals surface area contributed by atoms with Crippen molar-refractivity contribution in [2.75, 3.05) is 39.6 Å². The van der Waals surface area contributed by atoms with Crippen molar-refractivity contribution in [2.45, 2.75) is 355 Å². The molecular weight excluding hydrogens is 1140 g/mol. The molecule has 0 heterocycles. The number of carbonyl (C=O) groups is 4. The second-order valence-electron chi connectivity index (χ2n) is 24.9.